The van der Waals surface area contributed by atoms with Crippen LogP contribution in [0.4, 0.5) is 0 Å². The van der Waals surface area contributed by atoms with Crippen LogP contribution in [-0.2, 0) is 12.5 Å². The monoisotopic (exact) mass is 243 g/mol. The number of hydrogen-bond acceptors (Lipinski definition) is 2. The molecule has 0 amide bonds. The van der Waals surface area contributed by atoms with Crippen molar-refractivity contribution in [3.05, 3.63) is 54.1 Å². The fourth-order valence-electron chi connectivity index (χ4n) is 2.49. The van der Waals surface area contributed by atoms with Gasteiger partial charge in [0.1, 0.15) is 0 Å². The number of nitrogens with zero attached hydrogens (tertiary/aromatic N) is 2. The molecule has 2 aromatic rings. The minimum atomic E-state index is -0.00956. The number of nitrogens with one attached hydrogen (secondary N) is 1. The Bertz CT molecular complexity index is 499. The molecule has 1 heterocycles. The van der Waals surface area contributed by atoms with E-state index in [0.29, 0.717) is 0 Å². The number of imidazole rings is 1. The molecule has 3 heteroatoms. The van der Waals surface area contributed by atoms with Crippen molar-refractivity contribution in [2.45, 2.75) is 25.3 Å². The molecule has 1 unspecified atom stereocenters. The second kappa shape index (κ2) is 4.94. The number of benzene rings is 1. The zero-order valence-corrected chi connectivity index (χ0v) is 11.5. The van der Waals surface area contributed by atoms with Crippen molar-refractivity contribution in [2.75, 3.05) is 7.05 Å². The van der Waals surface area contributed by atoms with E-state index in [1.165, 1.54) is 5.56 Å². The summed E-state index contributed by atoms with van der Waals surface area (Å²) in [6.07, 6.45) is 3.92. The van der Waals surface area contributed by atoms with Crippen LogP contribution in [0, 0.1) is 0 Å². The highest BCUT2D eigenvalue weighted by Gasteiger charge is 2.32. The van der Waals surface area contributed by atoms with Gasteiger partial charge in [0, 0.05) is 18.7 Å². The summed E-state index contributed by atoms with van der Waals surface area (Å²) >= 11 is 0. The van der Waals surface area contributed by atoms with Gasteiger partial charge in [-0.05, 0) is 12.6 Å². The molecule has 0 aliphatic carbocycles. The van der Waals surface area contributed by atoms with E-state index in [9.17, 15) is 0 Å². The van der Waals surface area contributed by atoms with Crippen molar-refractivity contribution in [2.24, 2.45) is 7.05 Å². The second-order valence-electron chi connectivity index (χ2n) is 5.27. The van der Waals surface area contributed by atoms with Crippen molar-refractivity contribution in [3.8, 4) is 0 Å². The zero-order valence-electron chi connectivity index (χ0n) is 11.5. The number of aromatic nitrogens is 2. The number of rotatable bonds is 4. The van der Waals surface area contributed by atoms with E-state index in [4.69, 9.17) is 0 Å². The highest BCUT2D eigenvalue weighted by atomic mass is 15.0. The van der Waals surface area contributed by atoms with Gasteiger partial charge in [-0.1, -0.05) is 44.2 Å². The molecule has 0 saturated carbocycles. The average molecular weight is 243 g/mol. The zero-order chi connectivity index (χ0) is 13.2. The Morgan fingerprint density at radius 1 is 1.22 bits per heavy atom. The van der Waals surface area contributed by atoms with E-state index >= 15 is 0 Å². The van der Waals surface area contributed by atoms with E-state index < -0.39 is 0 Å². The van der Waals surface area contributed by atoms with Crippen molar-refractivity contribution >= 4 is 0 Å². The fourth-order valence-corrected chi connectivity index (χ4v) is 2.49. The molecule has 3 nitrogen and oxygen atoms in total. The maximum atomic E-state index is 4.48. The van der Waals surface area contributed by atoms with Crippen molar-refractivity contribution < 1.29 is 0 Å². The van der Waals surface area contributed by atoms with E-state index in [-0.39, 0.29) is 11.5 Å². The number of hydrogen-bond donors (Lipinski definition) is 1. The normalized spacial score (nSPS) is 13.6. The molecular formula is C15H21N3. The second-order valence-corrected chi connectivity index (χ2v) is 5.27. The Morgan fingerprint density at radius 2 is 1.89 bits per heavy atom. The largest absolute Gasteiger partial charge is 0.340 e. The fraction of sp³-hybridized carbons (Fsp3) is 0.400. The Balaban J connectivity index is 2.38. The number of aryl methyl sites for hydroxylation is 1. The van der Waals surface area contributed by atoms with Gasteiger partial charge in [0.2, 0.25) is 0 Å². The summed E-state index contributed by atoms with van der Waals surface area (Å²) in [6, 6.07) is 10.8. The molecule has 1 N–H and O–H groups in total. The van der Waals surface area contributed by atoms with Gasteiger partial charge >= 0.3 is 0 Å². The SMILES string of the molecule is CNC(c1cn(C)cn1)C(C)(C)c1ccccc1. The lowest BCUT2D eigenvalue weighted by atomic mass is 9.76. The molecule has 2 rings (SSSR count). The van der Waals surface area contributed by atoms with E-state index in [1.54, 1.807) is 0 Å². The van der Waals surface area contributed by atoms with Crippen molar-refractivity contribution in [1.29, 1.82) is 0 Å². The lowest BCUT2D eigenvalue weighted by Crippen LogP contribution is -2.35. The van der Waals surface area contributed by atoms with Gasteiger partial charge in [-0.3, -0.25) is 0 Å². The summed E-state index contributed by atoms with van der Waals surface area (Å²) in [4.78, 5) is 4.48. The molecular weight excluding hydrogens is 222 g/mol. The van der Waals surface area contributed by atoms with Crippen LogP contribution in [0.3, 0.4) is 0 Å². The Labute approximate surface area is 109 Å². The minimum Gasteiger partial charge on any atom is -0.340 e. The first-order valence-electron chi connectivity index (χ1n) is 6.26. The molecule has 0 radical (unpaired) electrons. The predicted molar refractivity (Wildman–Crippen MR) is 74.5 cm³/mol. The van der Waals surface area contributed by atoms with E-state index in [0.717, 1.165) is 5.69 Å². The molecule has 0 saturated heterocycles. The third kappa shape index (κ3) is 2.31. The van der Waals surface area contributed by atoms with Crippen LogP contribution in [-0.4, -0.2) is 16.6 Å². The first-order valence-corrected chi connectivity index (χ1v) is 6.26. The average Bonchev–Trinajstić information content (AvgIpc) is 2.77. The molecule has 0 bridgehead atoms. The molecule has 0 spiro atoms. The van der Waals surface area contributed by atoms with Gasteiger partial charge in [-0.25, -0.2) is 4.98 Å². The van der Waals surface area contributed by atoms with Crippen molar-refractivity contribution in [3.63, 3.8) is 0 Å². The third-order valence-electron chi connectivity index (χ3n) is 3.55. The van der Waals surface area contributed by atoms with Gasteiger partial charge < -0.3 is 9.88 Å². The molecule has 0 fully saturated rings. The molecule has 1 aromatic heterocycles. The van der Waals surface area contributed by atoms with Crippen LogP contribution in [0.5, 0.6) is 0 Å². The topological polar surface area (TPSA) is 29.9 Å². The Morgan fingerprint density at radius 3 is 2.39 bits per heavy atom. The van der Waals surface area contributed by atoms with Crippen LogP contribution in [0.25, 0.3) is 0 Å². The van der Waals surface area contributed by atoms with Gasteiger partial charge in [0.15, 0.2) is 0 Å². The van der Waals surface area contributed by atoms with Crippen LogP contribution < -0.4 is 5.32 Å². The Hall–Kier alpha value is -1.61. The third-order valence-corrected chi connectivity index (χ3v) is 3.55. The van der Waals surface area contributed by atoms with Crippen LogP contribution >= 0.6 is 0 Å². The summed E-state index contributed by atoms with van der Waals surface area (Å²) in [5.41, 5.74) is 2.38. The predicted octanol–water partition coefficient (Wildman–Crippen LogP) is 2.66. The van der Waals surface area contributed by atoms with Crippen LogP contribution in [0.1, 0.15) is 31.1 Å². The molecule has 96 valence electrons. The molecule has 1 atom stereocenters. The summed E-state index contributed by atoms with van der Waals surface area (Å²) in [5, 5.41) is 3.39. The van der Waals surface area contributed by atoms with Crippen LogP contribution in [0.2, 0.25) is 0 Å². The van der Waals surface area contributed by atoms with E-state index in [1.807, 2.05) is 25.0 Å². The standard InChI is InChI=1S/C15H21N3/c1-15(2,12-8-6-5-7-9-12)14(16-3)13-10-18(4)11-17-13/h5-11,14,16H,1-4H3. The minimum absolute atomic E-state index is 0.00956. The first-order chi connectivity index (χ1) is 8.55. The summed E-state index contributed by atoms with van der Waals surface area (Å²) in [6.45, 7) is 4.50. The molecule has 18 heavy (non-hydrogen) atoms. The molecule has 0 aliphatic rings. The maximum absolute atomic E-state index is 4.48. The Kier molecular flexibility index (Phi) is 3.53. The lowest BCUT2D eigenvalue weighted by Gasteiger charge is -2.33. The van der Waals surface area contributed by atoms with Crippen LogP contribution in [0.15, 0.2) is 42.9 Å². The quantitative estimate of drug-likeness (QED) is 0.894. The van der Waals surface area contributed by atoms with Gasteiger partial charge in [0.25, 0.3) is 0 Å². The van der Waals surface area contributed by atoms with Gasteiger partial charge in [-0.15, -0.1) is 0 Å². The van der Waals surface area contributed by atoms with E-state index in [2.05, 4.69) is 60.7 Å². The first kappa shape index (κ1) is 12.8. The summed E-state index contributed by atoms with van der Waals surface area (Å²) in [5.74, 6) is 0. The number of likely N-dealkylation sites (N-methyl/N-ethyl adjacent to an activating group) is 1. The smallest absolute Gasteiger partial charge is 0.0947 e. The van der Waals surface area contributed by atoms with Gasteiger partial charge in [-0.2, -0.15) is 0 Å². The molecule has 1 aromatic carbocycles. The summed E-state index contributed by atoms with van der Waals surface area (Å²) < 4.78 is 1.99. The van der Waals surface area contributed by atoms with Gasteiger partial charge in [0.05, 0.1) is 18.1 Å². The molecule has 0 aliphatic heterocycles. The summed E-state index contributed by atoms with van der Waals surface area (Å²) in [7, 11) is 3.99. The highest BCUT2D eigenvalue weighted by Crippen LogP contribution is 2.35. The van der Waals surface area contributed by atoms with Crippen molar-refractivity contribution in [1.82, 2.24) is 14.9 Å². The highest BCUT2D eigenvalue weighted by molar-refractivity contribution is 5.28. The lowest BCUT2D eigenvalue weighted by molar-refractivity contribution is 0.362. The maximum Gasteiger partial charge on any atom is 0.0947 e.